The third kappa shape index (κ3) is 4.64. The maximum atomic E-state index is 12.5. The summed E-state index contributed by atoms with van der Waals surface area (Å²) in [7, 11) is 1.22. The van der Waals surface area contributed by atoms with Crippen molar-refractivity contribution in [1.82, 2.24) is 15.6 Å². The number of carbonyl (C=O) groups excluding carboxylic acids is 1. The molecule has 0 fully saturated rings. The number of thioether (sulfide) groups is 1. The second kappa shape index (κ2) is 8.53. The summed E-state index contributed by atoms with van der Waals surface area (Å²) in [6.45, 7) is 0. The number of carboxylic acid groups (broad SMARTS) is 2. The summed E-state index contributed by atoms with van der Waals surface area (Å²) in [6, 6.07) is -1.42. The number of aliphatic carboxylic acids is 2. The van der Waals surface area contributed by atoms with Crippen molar-refractivity contribution < 1.29 is 29.4 Å². The zero-order valence-corrected chi connectivity index (χ0v) is 15.0. The van der Waals surface area contributed by atoms with Gasteiger partial charge in [-0.2, -0.15) is 0 Å². The van der Waals surface area contributed by atoms with Crippen molar-refractivity contribution in [3.05, 3.63) is 22.8 Å². The lowest BCUT2D eigenvalue weighted by molar-refractivity contribution is -0.141. The van der Waals surface area contributed by atoms with E-state index in [0.29, 0.717) is 0 Å². The molecule has 1 unspecified atom stereocenters. The number of nitrogens with zero attached hydrogens (tertiary/aromatic N) is 2. The fraction of sp³-hybridized carbons (Fsp3) is 0.308. The highest BCUT2D eigenvalue weighted by Gasteiger charge is 2.34. The standard InChI is InChI=1S/C13H15N5O6S2/c1-24-18-7(6-4-26-13(14)16-6)9(19)17-8(12(22)23)10-15-5(11(20)21)2-3-25-10/h2,4,8,10,15H,3H2,1H3,(H2,14,16)(H,17,19)(H,20,21)(H,22,23)/b18-7+/t8?,10-/m0/s1. The molecule has 140 valence electrons. The number of nitrogens with one attached hydrogen (secondary N) is 2. The molecule has 0 bridgehead atoms. The summed E-state index contributed by atoms with van der Waals surface area (Å²) in [4.78, 5) is 43.7. The van der Waals surface area contributed by atoms with Crippen molar-refractivity contribution in [2.75, 3.05) is 18.6 Å². The molecule has 0 aliphatic carbocycles. The van der Waals surface area contributed by atoms with Crippen LogP contribution < -0.4 is 16.4 Å². The van der Waals surface area contributed by atoms with Crippen molar-refractivity contribution in [2.24, 2.45) is 5.16 Å². The molecule has 0 spiro atoms. The average molecular weight is 401 g/mol. The molecule has 1 aromatic heterocycles. The average Bonchev–Trinajstić information content (AvgIpc) is 3.03. The normalized spacial score (nSPS) is 18.3. The number of carbonyl (C=O) groups is 3. The van der Waals surface area contributed by atoms with E-state index in [0.717, 1.165) is 23.1 Å². The number of hydrogen-bond acceptors (Lipinski definition) is 10. The SMILES string of the molecule is CO/N=C(/C(=O)NC(C(=O)O)[C@H]1NC(C(=O)O)=CCS1)c1csc(N)n1. The van der Waals surface area contributed by atoms with Crippen LogP contribution in [0.1, 0.15) is 5.69 Å². The van der Waals surface area contributed by atoms with Crippen molar-refractivity contribution >= 4 is 51.8 Å². The van der Waals surface area contributed by atoms with Gasteiger partial charge in [-0.05, 0) is 6.08 Å². The van der Waals surface area contributed by atoms with E-state index in [1.807, 2.05) is 0 Å². The van der Waals surface area contributed by atoms with Gasteiger partial charge in [0.15, 0.2) is 16.9 Å². The first-order valence-corrected chi connectivity index (χ1v) is 8.94. The van der Waals surface area contributed by atoms with E-state index in [9.17, 15) is 19.5 Å². The first-order valence-electron chi connectivity index (χ1n) is 7.01. The van der Waals surface area contributed by atoms with Crippen LogP contribution in [0, 0.1) is 0 Å². The molecule has 11 nitrogen and oxygen atoms in total. The Hall–Kier alpha value is -2.80. The maximum absolute atomic E-state index is 12.5. The Bertz CT molecular complexity index is 777. The summed E-state index contributed by atoms with van der Waals surface area (Å²) in [6.07, 6.45) is 1.42. The highest BCUT2D eigenvalue weighted by atomic mass is 32.2. The van der Waals surface area contributed by atoms with Crippen LogP contribution >= 0.6 is 23.1 Å². The third-order valence-electron chi connectivity index (χ3n) is 3.11. The van der Waals surface area contributed by atoms with Crippen molar-refractivity contribution in [2.45, 2.75) is 11.4 Å². The van der Waals surface area contributed by atoms with Crippen molar-refractivity contribution in [3.63, 3.8) is 0 Å². The van der Waals surface area contributed by atoms with Crippen LogP contribution in [-0.4, -0.2) is 63.0 Å². The van der Waals surface area contributed by atoms with E-state index in [-0.39, 0.29) is 28.0 Å². The highest BCUT2D eigenvalue weighted by Crippen LogP contribution is 2.20. The van der Waals surface area contributed by atoms with Gasteiger partial charge in [-0.25, -0.2) is 14.6 Å². The second-order valence-corrected chi connectivity index (χ2v) is 6.87. The Morgan fingerprint density at radius 2 is 2.23 bits per heavy atom. The van der Waals surface area contributed by atoms with Gasteiger partial charge in [-0.3, -0.25) is 4.79 Å². The predicted molar refractivity (Wildman–Crippen MR) is 94.7 cm³/mol. The molecular weight excluding hydrogens is 386 g/mol. The molecular formula is C13H15N5O6S2. The van der Waals surface area contributed by atoms with Crippen LogP contribution in [-0.2, 0) is 19.2 Å². The van der Waals surface area contributed by atoms with Gasteiger partial charge >= 0.3 is 11.9 Å². The molecule has 0 saturated heterocycles. The Morgan fingerprint density at radius 3 is 2.77 bits per heavy atom. The Labute approximate surface area is 155 Å². The van der Waals surface area contributed by atoms with E-state index >= 15 is 0 Å². The summed E-state index contributed by atoms with van der Waals surface area (Å²) in [5, 5.41) is 27.7. The fourth-order valence-corrected chi connectivity index (χ4v) is 3.59. The molecule has 2 heterocycles. The Kier molecular flexibility index (Phi) is 6.41. The van der Waals surface area contributed by atoms with Crippen LogP contribution in [0.4, 0.5) is 5.13 Å². The Balaban J connectivity index is 2.19. The van der Waals surface area contributed by atoms with Gasteiger partial charge in [0.2, 0.25) is 0 Å². The number of hydrogen-bond donors (Lipinski definition) is 5. The zero-order valence-electron chi connectivity index (χ0n) is 13.3. The molecule has 0 radical (unpaired) electrons. The van der Waals surface area contributed by atoms with Crippen molar-refractivity contribution in [3.8, 4) is 0 Å². The molecule has 13 heteroatoms. The van der Waals surface area contributed by atoms with Crippen LogP contribution in [0.15, 0.2) is 22.3 Å². The zero-order chi connectivity index (χ0) is 19.3. The molecule has 1 aliphatic rings. The number of rotatable bonds is 7. The monoisotopic (exact) mass is 401 g/mol. The summed E-state index contributed by atoms with van der Waals surface area (Å²) in [5.74, 6) is -3.13. The van der Waals surface area contributed by atoms with Gasteiger partial charge in [-0.15, -0.1) is 23.1 Å². The minimum absolute atomic E-state index is 0.131. The van der Waals surface area contributed by atoms with Crippen LogP contribution in [0.25, 0.3) is 0 Å². The van der Waals surface area contributed by atoms with Gasteiger partial charge in [0, 0.05) is 11.1 Å². The van der Waals surface area contributed by atoms with E-state index in [4.69, 9.17) is 10.8 Å². The summed E-state index contributed by atoms with van der Waals surface area (Å²) >= 11 is 2.21. The van der Waals surface area contributed by atoms with Crippen LogP contribution in [0.3, 0.4) is 0 Å². The first kappa shape index (κ1) is 19.5. The minimum atomic E-state index is -1.42. The number of nitrogens with two attached hydrogens (primary N) is 1. The Morgan fingerprint density at radius 1 is 1.50 bits per heavy atom. The lowest BCUT2D eigenvalue weighted by atomic mass is 10.2. The number of nitrogen functional groups attached to an aromatic ring is 1. The number of aromatic nitrogens is 1. The summed E-state index contributed by atoms with van der Waals surface area (Å²) < 4.78 is 0. The molecule has 2 atom stereocenters. The molecule has 1 amide bonds. The van der Waals surface area contributed by atoms with Gasteiger partial charge in [0.1, 0.15) is 23.9 Å². The van der Waals surface area contributed by atoms with E-state index < -0.39 is 29.3 Å². The lowest BCUT2D eigenvalue weighted by Gasteiger charge is -2.28. The molecule has 6 N–H and O–H groups in total. The fourth-order valence-electron chi connectivity index (χ4n) is 1.99. The number of thiazole rings is 1. The third-order valence-corrected chi connectivity index (χ3v) is 4.89. The quantitative estimate of drug-likeness (QED) is 0.289. The molecule has 1 aliphatic heterocycles. The van der Waals surface area contributed by atoms with Crippen LogP contribution in [0.5, 0.6) is 0 Å². The molecule has 26 heavy (non-hydrogen) atoms. The molecule has 2 rings (SSSR count). The van der Waals surface area contributed by atoms with E-state index in [1.165, 1.54) is 18.6 Å². The maximum Gasteiger partial charge on any atom is 0.351 e. The number of carboxylic acids is 2. The summed E-state index contributed by atoms with van der Waals surface area (Å²) in [5.41, 5.74) is 5.28. The van der Waals surface area contributed by atoms with Gasteiger partial charge in [-0.1, -0.05) is 5.16 Å². The van der Waals surface area contributed by atoms with Gasteiger partial charge < -0.3 is 31.4 Å². The largest absolute Gasteiger partial charge is 0.480 e. The lowest BCUT2D eigenvalue weighted by Crippen LogP contribution is -2.55. The minimum Gasteiger partial charge on any atom is -0.480 e. The number of amides is 1. The van der Waals surface area contributed by atoms with Crippen LogP contribution in [0.2, 0.25) is 0 Å². The van der Waals surface area contributed by atoms with E-state index in [1.54, 1.807) is 0 Å². The number of oxime groups is 1. The predicted octanol–water partition coefficient (Wildman–Crippen LogP) is -0.724. The van der Waals surface area contributed by atoms with Crippen molar-refractivity contribution in [1.29, 1.82) is 0 Å². The van der Waals surface area contributed by atoms with Gasteiger partial charge in [0.25, 0.3) is 5.91 Å². The highest BCUT2D eigenvalue weighted by molar-refractivity contribution is 8.00. The second-order valence-electron chi connectivity index (χ2n) is 4.80. The van der Waals surface area contributed by atoms with E-state index in [2.05, 4.69) is 25.6 Å². The topological polar surface area (TPSA) is 176 Å². The van der Waals surface area contributed by atoms with Gasteiger partial charge in [0.05, 0.1) is 0 Å². The number of anilines is 1. The molecule has 0 saturated carbocycles. The molecule has 1 aromatic rings. The smallest absolute Gasteiger partial charge is 0.351 e. The first-order chi connectivity index (χ1) is 12.3. The molecule has 0 aromatic carbocycles.